The first-order valence-corrected chi connectivity index (χ1v) is 12.1. The topological polar surface area (TPSA) is 118 Å². The summed E-state index contributed by atoms with van der Waals surface area (Å²) in [5.41, 5.74) is 2.12. The standard InChI is InChI=1S/C27H28BF3N4O3/c29-27(30,31)23-10-11-24(34-18-23)22(17-32)16-21-8-4-7-20(15-21)13-14-33-26(36)35-25(28(37)38)12-9-19-5-2-1-3-6-19/h1-8,10-11,15,18,22,25,37-38H,9,12-14,16H2,(H2,33,35,36)/t22?,25-/m0/s1. The van der Waals surface area contributed by atoms with Gasteiger partial charge in [0.2, 0.25) is 0 Å². The van der Waals surface area contributed by atoms with E-state index in [0.717, 1.165) is 29.0 Å². The molecule has 0 fully saturated rings. The summed E-state index contributed by atoms with van der Waals surface area (Å²) in [6, 6.07) is 20.6. The fourth-order valence-electron chi connectivity index (χ4n) is 3.95. The first kappa shape index (κ1) is 28.7. The van der Waals surface area contributed by atoms with E-state index in [4.69, 9.17) is 0 Å². The molecule has 4 N–H and O–H groups in total. The van der Waals surface area contributed by atoms with Crippen molar-refractivity contribution in [2.24, 2.45) is 0 Å². The number of alkyl halides is 3. The van der Waals surface area contributed by atoms with Gasteiger partial charge in [-0.2, -0.15) is 18.4 Å². The van der Waals surface area contributed by atoms with Crippen molar-refractivity contribution in [1.82, 2.24) is 15.6 Å². The van der Waals surface area contributed by atoms with Crippen molar-refractivity contribution in [1.29, 1.82) is 5.26 Å². The van der Waals surface area contributed by atoms with Crippen LogP contribution in [0.3, 0.4) is 0 Å². The summed E-state index contributed by atoms with van der Waals surface area (Å²) in [7, 11) is -1.70. The lowest BCUT2D eigenvalue weighted by Crippen LogP contribution is -2.50. The zero-order valence-electron chi connectivity index (χ0n) is 20.5. The molecule has 1 aromatic heterocycles. The number of carbonyl (C=O) groups is 1. The van der Waals surface area contributed by atoms with Gasteiger partial charge in [0.05, 0.1) is 29.2 Å². The van der Waals surface area contributed by atoms with Gasteiger partial charge >= 0.3 is 19.3 Å². The highest BCUT2D eigenvalue weighted by Crippen LogP contribution is 2.29. The van der Waals surface area contributed by atoms with Gasteiger partial charge in [-0.1, -0.05) is 54.6 Å². The van der Waals surface area contributed by atoms with Crippen molar-refractivity contribution in [2.45, 2.75) is 43.7 Å². The molecule has 2 atom stereocenters. The Morgan fingerprint density at radius 2 is 1.71 bits per heavy atom. The van der Waals surface area contributed by atoms with Crippen LogP contribution in [0.5, 0.6) is 0 Å². The second-order valence-corrected chi connectivity index (χ2v) is 8.87. The number of hydrogen-bond donors (Lipinski definition) is 4. The lowest BCUT2D eigenvalue weighted by molar-refractivity contribution is -0.137. The smallest absolute Gasteiger partial charge is 0.426 e. The fourth-order valence-corrected chi connectivity index (χ4v) is 3.95. The fraction of sp³-hybridized carbons (Fsp3) is 0.296. The zero-order valence-corrected chi connectivity index (χ0v) is 20.5. The van der Waals surface area contributed by atoms with Gasteiger partial charge in [0.15, 0.2) is 0 Å². The minimum Gasteiger partial charge on any atom is -0.426 e. The number of rotatable bonds is 11. The van der Waals surface area contributed by atoms with Crippen molar-refractivity contribution in [3.63, 3.8) is 0 Å². The van der Waals surface area contributed by atoms with E-state index in [1.165, 1.54) is 6.07 Å². The van der Waals surface area contributed by atoms with Gasteiger partial charge in [0, 0.05) is 12.7 Å². The maximum absolute atomic E-state index is 12.8. The lowest BCUT2D eigenvalue weighted by atomic mass is 9.76. The maximum atomic E-state index is 12.8. The van der Waals surface area contributed by atoms with E-state index >= 15 is 0 Å². The molecule has 1 heterocycles. The van der Waals surface area contributed by atoms with Crippen molar-refractivity contribution < 1.29 is 28.0 Å². The van der Waals surface area contributed by atoms with Gasteiger partial charge in [0.1, 0.15) is 0 Å². The number of aromatic nitrogens is 1. The molecule has 0 spiro atoms. The zero-order chi connectivity index (χ0) is 27.5. The molecule has 3 rings (SSSR count). The average Bonchev–Trinajstić information content (AvgIpc) is 2.90. The molecule has 2 amide bonds. The van der Waals surface area contributed by atoms with Gasteiger partial charge in [-0.15, -0.1) is 0 Å². The summed E-state index contributed by atoms with van der Waals surface area (Å²) < 4.78 is 38.4. The Morgan fingerprint density at radius 3 is 2.34 bits per heavy atom. The van der Waals surface area contributed by atoms with Crippen molar-refractivity contribution in [2.75, 3.05) is 6.54 Å². The predicted octanol–water partition coefficient (Wildman–Crippen LogP) is 3.81. The summed E-state index contributed by atoms with van der Waals surface area (Å²) in [6.45, 7) is 0.282. The highest BCUT2D eigenvalue weighted by atomic mass is 19.4. The summed E-state index contributed by atoms with van der Waals surface area (Å²) in [6.07, 6.45) is -2.09. The van der Waals surface area contributed by atoms with E-state index in [2.05, 4.69) is 21.7 Å². The van der Waals surface area contributed by atoms with Crippen LogP contribution in [0, 0.1) is 11.3 Å². The van der Waals surface area contributed by atoms with Crippen LogP contribution in [-0.2, 0) is 25.4 Å². The van der Waals surface area contributed by atoms with Gasteiger partial charge in [-0.05, 0) is 54.5 Å². The molecule has 0 saturated carbocycles. The molecule has 38 heavy (non-hydrogen) atoms. The van der Waals surface area contributed by atoms with Crippen LogP contribution in [0.25, 0.3) is 0 Å². The highest BCUT2D eigenvalue weighted by molar-refractivity contribution is 6.43. The Bertz CT molecular complexity index is 1220. The number of pyridine rings is 1. The van der Waals surface area contributed by atoms with E-state index in [1.807, 2.05) is 48.5 Å². The Kier molecular flexibility index (Phi) is 10.3. The molecule has 0 saturated heterocycles. The largest absolute Gasteiger partial charge is 0.475 e. The van der Waals surface area contributed by atoms with Crippen LogP contribution in [0.4, 0.5) is 18.0 Å². The Morgan fingerprint density at radius 1 is 1.00 bits per heavy atom. The van der Waals surface area contributed by atoms with Gasteiger partial charge in [-0.3, -0.25) is 4.98 Å². The van der Waals surface area contributed by atoms with E-state index < -0.39 is 36.7 Å². The molecular weight excluding hydrogens is 496 g/mol. The summed E-state index contributed by atoms with van der Waals surface area (Å²) in [5.74, 6) is -1.55. The maximum Gasteiger partial charge on any atom is 0.475 e. The van der Waals surface area contributed by atoms with Crippen LogP contribution >= 0.6 is 0 Å². The first-order chi connectivity index (χ1) is 18.2. The molecule has 0 aliphatic carbocycles. The number of aryl methyl sites for hydroxylation is 1. The number of nitrogens with one attached hydrogen (secondary N) is 2. The number of carbonyl (C=O) groups excluding carboxylic acids is 1. The van der Waals surface area contributed by atoms with E-state index in [0.29, 0.717) is 19.3 Å². The van der Waals surface area contributed by atoms with Crippen molar-refractivity contribution in [3.8, 4) is 6.07 Å². The van der Waals surface area contributed by atoms with Crippen LogP contribution in [-0.4, -0.2) is 40.7 Å². The number of nitriles is 1. The van der Waals surface area contributed by atoms with E-state index in [9.17, 15) is 33.3 Å². The Balaban J connectivity index is 1.50. The molecule has 3 aromatic rings. The first-order valence-electron chi connectivity index (χ1n) is 12.1. The minimum absolute atomic E-state index is 0.261. The molecular formula is C27H28BF3N4O3. The third-order valence-corrected chi connectivity index (χ3v) is 6.02. The number of hydrogen-bond acceptors (Lipinski definition) is 5. The summed E-state index contributed by atoms with van der Waals surface area (Å²) >= 11 is 0. The quantitative estimate of drug-likeness (QED) is 0.285. The molecule has 1 unspecified atom stereocenters. The molecule has 2 aromatic carbocycles. The second-order valence-electron chi connectivity index (χ2n) is 8.87. The van der Waals surface area contributed by atoms with E-state index in [1.54, 1.807) is 6.07 Å². The van der Waals surface area contributed by atoms with Crippen molar-refractivity contribution in [3.05, 3.63) is 101 Å². The lowest BCUT2D eigenvalue weighted by Gasteiger charge is -2.18. The Hall–Kier alpha value is -3.88. The van der Waals surface area contributed by atoms with Crippen LogP contribution < -0.4 is 10.6 Å². The normalized spacial score (nSPS) is 12.7. The SMILES string of the molecule is N#CC(Cc1cccc(CCNC(=O)N[C@@H](CCc2ccccc2)B(O)O)c1)c1ccc(C(F)(F)F)cn1. The number of nitrogens with zero attached hydrogens (tertiary/aromatic N) is 2. The van der Waals surface area contributed by atoms with Gasteiger partial charge in [0.25, 0.3) is 0 Å². The van der Waals surface area contributed by atoms with Crippen LogP contribution in [0.2, 0.25) is 0 Å². The van der Waals surface area contributed by atoms with Gasteiger partial charge in [-0.25, -0.2) is 4.79 Å². The number of benzene rings is 2. The predicted molar refractivity (Wildman–Crippen MR) is 137 cm³/mol. The molecule has 0 aliphatic heterocycles. The van der Waals surface area contributed by atoms with Crippen molar-refractivity contribution >= 4 is 13.1 Å². The monoisotopic (exact) mass is 524 g/mol. The number of urea groups is 1. The van der Waals surface area contributed by atoms with Crippen LogP contribution in [0.1, 0.15) is 40.3 Å². The summed E-state index contributed by atoms with van der Waals surface area (Å²) in [5, 5.41) is 34.1. The highest BCUT2D eigenvalue weighted by Gasteiger charge is 2.31. The molecule has 0 radical (unpaired) electrons. The second kappa shape index (κ2) is 13.6. The molecule has 7 nitrogen and oxygen atoms in total. The average molecular weight is 524 g/mol. The van der Waals surface area contributed by atoms with Crippen LogP contribution in [0.15, 0.2) is 72.9 Å². The third-order valence-electron chi connectivity index (χ3n) is 6.02. The molecule has 0 aliphatic rings. The third kappa shape index (κ3) is 8.90. The number of amides is 2. The van der Waals surface area contributed by atoms with Gasteiger partial charge < -0.3 is 20.7 Å². The number of halogens is 3. The molecule has 198 valence electrons. The minimum atomic E-state index is -4.49. The summed E-state index contributed by atoms with van der Waals surface area (Å²) in [4.78, 5) is 16.1. The Labute approximate surface area is 219 Å². The van der Waals surface area contributed by atoms with E-state index in [-0.39, 0.29) is 18.7 Å². The molecule has 11 heteroatoms. The molecule has 0 bridgehead atoms.